The summed E-state index contributed by atoms with van der Waals surface area (Å²) in [4.78, 5) is 33.0. The first-order valence-electron chi connectivity index (χ1n) is 9.25. The van der Waals surface area contributed by atoms with Gasteiger partial charge in [0.05, 0.1) is 17.6 Å². The molecule has 0 unspecified atom stereocenters. The molecule has 0 atom stereocenters. The Morgan fingerprint density at radius 1 is 1.29 bits per heavy atom. The summed E-state index contributed by atoms with van der Waals surface area (Å²) >= 11 is 2.74. The minimum atomic E-state index is -0.522. The number of aromatic nitrogens is 3. The molecule has 0 fully saturated rings. The minimum Gasteiger partial charge on any atom is -0.453 e. The number of amides is 1. The minimum absolute atomic E-state index is 0.0877. The van der Waals surface area contributed by atoms with Gasteiger partial charge in [-0.2, -0.15) is 0 Å². The molecule has 10 heteroatoms. The predicted molar refractivity (Wildman–Crippen MR) is 118 cm³/mol. The zero-order valence-corrected chi connectivity index (χ0v) is 17.8. The van der Waals surface area contributed by atoms with Crippen molar-refractivity contribution < 1.29 is 13.9 Å². The zero-order chi connectivity index (χ0) is 21.6. The molecule has 0 saturated heterocycles. The molecular weight excluding hydrogens is 439 g/mol. The van der Waals surface area contributed by atoms with Crippen LogP contribution in [0.5, 0.6) is 11.5 Å². The molecule has 0 aliphatic rings. The van der Waals surface area contributed by atoms with E-state index in [4.69, 9.17) is 4.74 Å². The first-order chi connectivity index (χ1) is 15.1. The molecule has 0 spiro atoms. The molecule has 3 heterocycles. The van der Waals surface area contributed by atoms with E-state index in [9.17, 15) is 14.0 Å². The SMILES string of the molecule is O=C(CSCc1cc(=O)n2ccsc2n1)NCc1ccc(Oc2cccnc2)c(F)c1. The number of thioether (sulfide) groups is 1. The molecule has 4 aromatic rings. The molecule has 0 bridgehead atoms. The summed E-state index contributed by atoms with van der Waals surface area (Å²) in [6.07, 6.45) is 4.78. The second kappa shape index (κ2) is 9.71. The maximum atomic E-state index is 14.3. The molecule has 7 nitrogen and oxygen atoms in total. The van der Waals surface area contributed by atoms with Crippen LogP contribution in [0.1, 0.15) is 11.3 Å². The molecule has 4 rings (SSSR count). The molecule has 1 aromatic carbocycles. The number of carbonyl (C=O) groups is 1. The van der Waals surface area contributed by atoms with E-state index in [1.165, 1.54) is 51.9 Å². The molecule has 31 heavy (non-hydrogen) atoms. The highest BCUT2D eigenvalue weighted by molar-refractivity contribution is 7.99. The summed E-state index contributed by atoms with van der Waals surface area (Å²) in [7, 11) is 0. The molecule has 0 saturated carbocycles. The van der Waals surface area contributed by atoms with E-state index < -0.39 is 5.82 Å². The highest BCUT2D eigenvalue weighted by Gasteiger charge is 2.09. The largest absolute Gasteiger partial charge is 0.453 e. The summed E-state index contributed by atoms with van der Waals surface area (Å²) in [6.45, 7) is 0.199. The number of rotatable bonds is 8. The maximum Gasteiger partial charge on any atom is 0.258 e. The molecule has 1 N–H and O–H groups in total. The Morgan fingerprint density at radius 2 is 2.19 bits per heavy atom. The Morgan fingerprint density at radius 3 is 3.00 bits per heavy atom. The van der Waals surface area contributed by atoms with Crippen molar-refractivity contribution in [3.05, 3.63) is 87.8 Å². The third-order valence-corrected chi connectivity index (χ3v) is 5.91. The van der Waals surface area contributed by atoms with Crippen molar-refractivity contribution in [3.8, 4) is 11.5 Å². The van der Waals surface area contributed by atoms with Crippen LogP contribution < -0.4 is 15.6 Å². The molecule has 0 aliphatic carbocycles. The van der Waals surface area contributed by atoms with Crippen LogP contribution in [0.3, 0.4) is 0 Å². The summed E-state index contributed by atoms with van der Waals surface area (Å²) < 4.78 is 21.2. The smallest absolute Gasteiger partial charge is 0.258 e. The van der Waals surface area contributed by atoms with E-state index in [1.54, 1.807) is 36.0 Å². The Labute approximate surface area is 184 Å². The Hall–Kier alpha value is -3.24. The van der Waals surface area contributed by atoms with E-state index in [2.05, 4.69) is 15.3 Å². The predicted octanol–water partition coefficient (Wildman–Crippen LogP) is 3.63. The number of hydrogen-bond donors (Lipinski definition) is 1. The van der Waals surface area contributed by atoms with E-state index in [0.717, 1.165) is 0 Å². The van der Waals surface area contributed by atoms with Crippen LogP contribution in [0.2, 0.25) is 0 Å². The average molecular weight is 457 g/mol. The Bertz CT molecular complexity index is 1260. The van der Waals surface area contributed by atoms with Crippen LogP contribution in [-0.4, -0.2) is 26.0 Å². The van der Waals surface area contributed by atoms with Crippen molar-refractivity contribution in [2.45, 2.75) is 12.3 Å². The zero-order valence-electron chi connectivity index (χ0n) is 16.2. The Balaban J connectivity index is 1.25. The first kappa shape index (κ1) is 21.0. The van der Waals surface area contributed by atoms with Crippen LogP contribution >= 0.6 is 23.1 Å². The van der Waals surface area contributed by atoms with Gasteiger partial charge in [-0.3, -0.25) is 19.0 Å². The number of nitrogens with one attached hydrogen (secondary N) is 1. The lowest BCUT2D eigenvalue weighted by atomic mass is 10.2. The van der Waals surface area contributed by atoms with Crippen molar-refractivity contribution in [1.29, 1.82) is 0 Å². The summed E-state index contributed by atoms with van der Waals surface area (Å²) in [5.74, 6) is 0.475. The average Bonchev–Trinajstić information content (AvgIpc) is 3.24. The van der Waals surface area contributed by atoms with Gasteiger partial charge < -0.3 is 10.1 Å². The monoisotopic (exact) mass is 456 g/mol. The van der Waals surface area contributed by atoms with Crippen LogP contribution in [0.15, 0.2) is 65.2 Å². The summed E-state index contributed by atoms with van der Waals surface area (Å²) in [5.41, 5.74) is 1.12. The maximum absolute atomic E-state index is 14.3. The second-order valence-electron chi connectivity index (χ2n) is 6.47. The van der Waals surface area contributed by atoms with Gasteiger partial charge in [0.15, 0.2) is 16.5 Å². The number of pyridine rings is 1. The van der Waals surface area contributed by atoms with Gasteiger partial charge in [0.1, 0.15) is 5.75 Å². The standard InChI is InChI=1S/C21H17FN4O3S2/c22-17-8-14(3-4-18(17)29-16-2-1-5-23-11-16)10-24-19(27)13-30-12-15-9-20(28)26-6-7-31-21(26)25-15/h1-9,11H,10,12-13H2,(H,24,27). The molecule has 3 aromatic heterocycles. The number of benzene rings is 1. The van der Waals surface area contributed by atoms with Crippen LogP contribution in [0.25, 0.3) is 4.96 Å². The van der Waals surface area contributed by atoms with E-state index >= 15 is 0 Å². The van der Waals surface area contributed by atoms with Gasteiger partial charge in [-0.05, 0) is 29.8 Å². The van der Waals surface area contributed by atoms with Crippen LogP contribution in [0, 0.1) is 5.82 Å². The number of hydrogen-bond acceptors (Lipinski definition) is 7. The summed E-state index contributed by atoms with van der Waals surface area (Å²) in [6, 6.07) is 9.39. The van der Waals surface area contributed by atoms with Gasteiger partial charge in [0.2, 0.25) is 5.91 Å². The molecule has 1 amide bonds. The van der Waals surface area contributed by atoms with Gasteiger partial charge >= 0.3 is 0 Å². The Kier molecular flexibility index (Phi) is 6.58. The van der Waals surface area contributed by atoms with Crippen molar-refractivity contribution >= 4 is 34.0 Å². The molecular formula is C21H17FN4O3S2. The topological polar surface area (TPSA) is 85.6 Å². The first-order valence-corrected chi connectivity index (χ1v) is 11.3. The van der Waals surface area contributed by atoms with E-state index in [1.807, 2.05) is 0 Å². The molecule has 0 aliphatic heterocycles. The lowest BCUT2D eigenvalue weighted by Crippen LogP contribution is -2.24. The van der Waals surface area contributed by atoms with Gasteiger partial charge in [-0.25, -0.2) is 9.37 Å². The van der Waals surface area contributed by atoms with Crippen LogP contribution in [0.4, 0.5) is 4.39 Å². The number of fused-ring (bicyclic) bond motifs is 1. The third kappa shape index (κ3) is 5.47. The molecule has 158 valence electrons. The van der Waals surface area contributed by atoms with Crippen molar-refractivity contribution in [2.24, 2.45) is 0 Å². The van der Waals surface area contributed by atoms with Crippen molar-refractivity contribution in [1.82, 2.24) is 19.7 Å². The lowest BCUT2D eigenvalue weighted by Gasteiger charge is -2.09. The lowest BCUT2D eigenvalue weighted by molar-refractivity contribution is -0.118. The third-order valence-electron chi connectivity index (χ3n) is 4.19. The van der Waals surface area contributed by atoms with E-state index in [0.29, 0.717) is 27.7 Å². The fourth-order valence-corrected chi connectivity index (χ4v) is 4.22. The highest BCUT2D eigenvalue weighted by Crippen LogP contribution is 2.24. The highest BCUT2D eigenvalue weighted by atomic mass is 32.2. The fourth-order valence-electron chi connectivity index (χ4n) is 2.73. The second-order valence-corrected chi connectivity index (χ2v) is 8.33. The number of ether oxygens (including phenoxy) is 1. The van der Waals surface area contributed by atoms with Gasteiger partial charge in [0.25, 0.3) is 5.56 Å². The van der Waals surface area contributed by atoms with Gasteiger partial charge in [0, 0.05) is 36.1 Å². The molecule has 0 radical (unpaired) electrons. The number of thiazole rings is 1. The summed E-state index contributed by atoms with van der Waals surface area (Å²) in [5, 5.41) is 4.56. The number of nitrogens with zero attached hydrogens (tertiary/aromatic N) is 3. The van der Waals surface area contributed by atoms with E-state index in [-0.39, 0.29) is 29.5 Å². The fraction of sp³-hybridized carbons (Fsp3) is 0.143. The normalized spacial score (nSPS) is 10.9. The quantitative estimate of drug-likeness (QED) is 0.436. The van der Waals surface area contributed by atoms with Crippen molar-refractivity contribution in [3.63, 3.8) is 0 Å². The van der Waals surface area contributed by atoms with Gasteiger partial charge in [-0.1, -0.05) is 6.07 Å². The van der Waals surface area contributed by atoms with Gasteiger partial charge in [-0.15, -0.1) is 23.1 Å². The van der Waals surface area contributed by atoms with Crippen LogP contribution in [-0.2, 0) is 17.1 Å². The number of halogens is 1. The number of carbonyl (C=O) groups excluding carboxylic acids is 1. The van der Waals surface area contributed by atoms with Crippen molar-refractivity contribution in [2.75, 3.05) is 5.75 Å².